The van der Waals surface area contributed by atoms with Gasteiger partial charge in [-0.05, 0) is 18.6 Å². The third-order valence-corrected chi connectivity index (χ3v) is 3.78. The topological polar surface area (TPSA) is 68.2 Å². The zero-order chi connectivity index (χ0) is 15.4. The van der Waals surface area contributed by atoms with Crippen molar-refractivity contribution in [1.82, 2.24) is 14.9 Å². The van der Waals surface area contributed by atoms with Crippen LogP contribution in [0, 0.1) is 0 Å². The van der Waals surface area contributed by atoms with E-state index in [1.54, 1.807) is 0 Å². The lowest BCUT2D eigenvalue weighted by Gasteiger charge is -2.23. The molecule has 7 heteroatoms. The number of aryl methyl sites for hydroxylation is 1. The molecule has 126 valence electrons. The number of aromatic nitrogens is 2. The highest BCUT2D eigenvalue weighted by Crippen LogP contribution is 2.20. The van der Waals surface area contributed by atoms with Gasteiger partial charge in [0.1, 0.15) is 0 Å². The Kier molecular flexibility index (Phi) is 6.38. The number of hydrogen-bond acceptors (Lipinski definition) is 4. The van der Waals surface area contributed by atoms with Crippen LogP contribution in [0.3, 0.4) is 0 Å². The molecule has 23 heavy (non-hydrogen) atoms. The van der Waals surface area contributed by atoms with Crippen molar-refractivity contribution in [3.63, 3.8) is 0 Å². The first kappa shape index (κ1) is 17.7. The van der Waals surface area contributed by atoms with Crippen LogP contribution in [0.1, 0.15) is 19.8 Å². The molecule has 0 spiro atoms. The van der Waals surface area contributed by atoms with Crippen LogP contribution < -0.4 is 10.6 Å². The number of ether oxygens (including phenoxy) is 1. The highest BCUT2D eigenvalue weighted by atomic mass is 35.5. The third-order valence-electron chi connectivity index (χ3n) is 3.78. The molecule has 0 aliphatic carbocycles. The molecule has 1 fully saturated rings. The number of fused-ring (bicyclic) bond motifs is 1. The van der Waals surface area contributed by atoms with Gasteiger partial charge in [0.25, 0.3) is 0 Å². The summed E-state index contributed by atoms with van der Waals surface area (Å²) in [6.07, 6.45) is 1.39. The van der Waals surface area contributed by atoms with E-state index in [2.05, 4.69) is 27.1 Å². The molecule has 1 saturated heterocycles. The predicted molar refractivity (Wildman–Crippen MR) is 93.1 cm³/mol. The molecule has 3 rings (SSSR count). The van der Waals surface area contributed by atoms with Crippen molar-refractivity contribution >= 4 is 35.3 Å². The number of hydrogen-bond donors (Lipinski definition) is 2. The van der Waals surface area contributed by atoms with Crippen molar-refractivity contribution in [3.8, 4) is 0 Å². The lowest BCUT2D eigenvalue weighted by molar-refractivity contribution is -0.117. The van der Waals surface area contributed by atoms with Crippen LogP contribution in [0.5, 0.6) is 0 Å². The molecule has 1 aliphatic rings. The molecule has 0 bridgehead atoms. The van der Waals surface area contributed by atoms with E-state index in [0.29, 0.717) is 25.6 Å². The fourth-order valence-electron chi connectivity index (χ4n) is 2.77. The van der Waals surface area contributed by atoms with Crippen LogP contribution in [-0.2, 0) is 16.1 Å². The fraction of sp³-hybridized carbons (Fsp3) is 0.500. The molecule has 1 unspecified atom stereocenters. The summed E-state index contributed by atoms with van der Waals surface area (Å²) < 4.78 is 7.45. The number of benzene rings is 1. The van der Waals surface area contributed by atoms with Gasteiger partial charge in [-0.2, -0.15) is 0 Å². The Morgan fingerprint density at radius 1 is 1.48 bits per heavy atom. The Labute approximate surface area is 142 Å². The molecular weight excluding hydrogens is 316 g/mol. The summed E-state index contributed by atoms with van der Waals surface area (Å²) in [5, 5.41) is 6.24. The minimum absolute atomic E-state index is 0. The van der Waals surface area contributed by atoms with Gasteiger partial charge in [0.2, 0.25) is 11.9 Å². The first-order valence-corrected chi connectivity index (χ1v) is 7.84. The van der Waals surface area contributed by atoms with Crippen LogP contribution >= 0.6 is 12.4 Å². The Hall–Kier alpha value is -1.63. The van der Waals surface area contributed by atoms with Crippen LogP contribution in [0.25, 0.3) is 11.0 Å². The number of rotatable bonds is 5. The molecule has 2 N–H and O–H groups in total. The van der Waals surface area contributed by atoms with E-state index in [1.807, 2.05) is 24.3 Å². The van der Waals surface area contributed by atoms with Gasteiger partial charge in [0, 0.05) is 25.6 Å². The maximum atomic E-state index is 12.3. The Balaban J connectivity index is 0.00000192. The molecule has 2 heterocycles. The number of halogens is 1. The quantitative estimate of drug-likeness (QED) is 0.877. The van der Waals surface area contributed by atoms with Crippen molar-refractivity contribution in [2.24, 2.45) is 0 Å². The summed E-state index contributed by atoms with van der Waals surface area (Å²) in [6, 6.07) is 8.03. The molecular formula is C16H23ClN4O2. The third kappa shape index (κ3) is 4.22. The second kappa shape index (κ2) is 8.29. The monoisotopic (exact) mass is 338 g/mol. The zero-order valence-electron chi connectivity index (χ0n) is 13.2. The number of morpholine rings is 1. The van der Waals surface area contributed by atoms with Gasteiger partial charge in [0.15, 0.2) is 0 Å². The van der Waals surface area contributed by atoms with Crippen molar-refractivity contribution in [3.05, 3.63) is 24.3 Å². The maximum Gasteiger partial charge on any atom is 0.228 e. The van der Waals surface area contributed by atoms with Gasteiger partial charge in [-0.1, -0.05) is 19.1 Å². The van der Waals surface area contributed by atoms with Crippen LogP contribution in [0.15, 0.2) is 24.3 Å². The molecule has 1 amide bonds. The minimum atomic E-state index is -0.0318. The highest BCUT2D eigenvalue weighted by Gasteiger charge is 2.19. The van der Waals surface area contributed by atoms with Crippen molar-refractivity contribution < 1.29 is 9.53 Å². The average molecular weight is 339 g/mol. The number of carbonyl (C=O) groups excluding carboxylic acids is 1. The van der Waals surface area contributed by atoms with E-state index >= 15 is 0 Å². The lowest BCUT2D eigenvalue weighted by atomic mass is 10.2. The summed E-state index contributed by atoms with van der Waals surface area (Å²) >= 11 is 0. The second-order valence-electron chi connectivity index (χ2n) is 5.55. The average Bonchev–Trinajstić information content (AvgIpc) is 2.86. The summed E-state index contributed by atoms with van der Waals surface area (Å²) in [6.45, 7) is 5.04. The standard InChI is InChI=1S/C16H22N4O2.ClH/c1-2-8-20-14-6-4-3-5-13(14)18-16(20)19-15(21)10-12-11-22-9-7-17-12;/h3-6,12,17H,2,7-11H2,1H3,(H,18,19,21);1H. The molecule has 1 aromatic heterocycles. The number of amides is 1. The summed E-state index contributed by atoms with van der Waals surface area (Å²) in [5.74, 6) is 0.598. The number of imidazole rings is 1. The van der Waals surface area contributed by atoms with Gasteiger partial charge in [-0.25, -0.2) is 4.98 Å². The number of para-hydroxylation sites is 2. The second-order valence-corrected chi connectivity index (χ2v) is 5.55. The van der Waals surface area contributed by atoms with E-state index in [-0.39, 0.29) is 24.4 Å². The SMILES string of the molecule is CCCn1c(NC(=O)CC2COCCN2)nc2ccccc21.Cl. The van der Waals surface area contributed by atoms with E-state index in [1.165, 1.54) is 0 Å². The molecule has 1 aromatic carbocycles. The zero-order valence-corrected chi connectivity index (χ0v) is 14.1. The van der Waals surface area contributed by atoms with E-state index in [4.69, 9.17) is 4.74 Å². The van der Waals surface area contributed by atoms with Crippen LogP contribution in [-0.4, -0.2) is 41.3 Å². The van der Waals surface area contributed by atoms with E-state index in [9.17, 15) is 4.79 Å². The molecule has 1 atom stereocenters. The Morgan fingerprint density at radius 3 is 3.04 bits per heavy atom. The van der Waals surface area contributed by atoms with Gasteiger partial charge in [0.05, 0.1) is 24.2 Å². The van der Waals surface area contributed by atoms with Crippen molar-refractivity contribution in [2.75, 3.05) is 25.1 Å². The van der Waals surface area contributed by atoms with Gasteiger partial charge in [-0.3, -0.25) is 10.1 Å². The summed E-state index contributed by atoms with van der Waals surface area (Å²) in [7, 11) is 0. The van der Waals surface area contributed by atoms with Gasteiger partial charge < -0.3 is 14.6 Å². The van der Waals surface area contributed by atoms with Crippen LogP contribution in [0.2, 0.25) is 0 Å². The number of carbonyl (C=O) groups is 1. The first-order valence-electron chi connectivity index (χ1n) is 7.84. The van der Waals surface area contributed by atoms with E-state index < -0.39 is 0 Å². The largest absolute Gasteiger partial charge is 0.378 e. The van der Waals surface area contributed by atoms with E-state index in [0.717, 1.165) is 30.5 Å². The Bertz CT molecular complexity index is 653. The minimum Gasteiger partial charge on any atom is -0.378 e. The predicted octanol–water partition coefficient (Wildman–Crippen LogP) is 2.19. The smallest absolute Gasteiger partial charge is 0.228 e. The number of anilines is 1. The number of nitrogens with one attached hydrogen (secondary N) is 2. The fourth-order valence-corrected chi connectivity index (χ4v) is 2.77. The molecule has 2 aromatic rings. The van der Waals surface area contributed by atoms with Gasteiger partial charge >= 0.3 is 0 Å². The first-order chi connectivity index (χ1) is 10.8. The normalized spacial score (nSPS) is 17.7. The van der Waals surface area contributed by atoms with Crippen LogP contribution in [0.4, 0.5) is 5.95 Å². The molecule has 0 saturated carbocycles. The summed E-state index contributed by atoms with van der Waals surface area (Å²) in [5.41, 5.74) is 1.96. The van der Waals surface area contributed by atoms with Crippen molar-refractivity contribution in [1.29, 1.82) is 0 Å². The lowest BCUT2D eigenvalue weighted by Crippen LogP contribution is -2.43. The van der Waals surface area contributed by atoms with Gasteiger partial charge in [-0.15, -0.1) is 12.4 Å². The molecule has 1 aliphatic heterocycles. The highest BCUT2D eigenvalue weighted by molar-refractivity contribution is 5.91. The number of nitrogens with zero attached hydrogens (tertiary/aromatic N) is 2. The molecule has 0 radical (unpaired) electrons. The Morgan fingerprint density at radius 2 is 2.30 bits per heavy atom. The molecule has 6 nitrogen and oxygen atoms in total. The summed E-state index contributed by atoms with van der Waals surface area (Å²) in [4.78, 5) is 16.8. The van der Waals surface area contributed by atoms with Crippen molar-refractivity contribution in [2.45, 2.75) is 32.4 Å². The maximum absolute atomic E-state index is 12.3.